The molecule has 0 radical (unpaired) electrons. The average Bonchev–Trinajstić information content (AvgIpc) is 2.63. The van der Waals surface area contributed by atoms with E-state index in [0.29, 0.717) is 5.82 Å². The zero-order chi connectivity index (χ0) is 19.0. The number of fused-ring (bicyclic) bond motifs is 1. The highest BCUT2D eigenvalue weighted by molar-refractivity contribution is 9.10. The summed E-state index contributed by atoms with van der Waals surface area (Å²) in [5.74, 6) is 0.895. The van der Waals surface area contributed by atoms with E-state index < -0.39 is 0 Å². The molecule has 0 amide bonds. The monoisotopic (exact) mass is 419 g/mol. The Kier molecular flexibility index (Phi) is 4.41. The third-order valence-electron chi connectivity index (χ3n) is 4.37. The highest BCUT2D eigenvalue weighted by atomic mass is 79.9. The van der Waals surface area contributed by atoms with Gasteiger partial charge in [-0.2, -0.15) is 4.98 Å². The van der Waals surface area contributed by atoms with Crippen molar-refractivity contribution in [3.63, 3.8) is 0 Å². The summed E-state index contributed by atoms with van der Waals surface area (Å²) in [5.41, 5.74) is 17.6. The molecule has 0 bridgehead atoms. The van der Waals surface area contributed by atoms with Crippen LogP contribution in [0.4, 0.5) is 23.1 Å². The zero-order valence-corrected chi connectivity index (χ0v) is 16.3. The number of halogens is 1. The highest BCUT2D eigenvalue weighted by Crippen LogP contribution is 2.32. The molecule has 0 unspecified atom stereocenters. The molecule has 0 atom stereocenters. The van der Waals surface area contributed by atoms with Gasteiger partial charge in [0.05, 0.1) is 5.52 Å². The van der Waals surface area contributed by atoms with E-state index >= 15 is 0 Å². The summed E-state index contributed by atoms with van der Waals surface area (Å²) in [6.45, 7) is 2.07. The van der Waals surface area contributed by atoms with E-state index in [1.165, 1.54) is 0 Å². The molecule has 4 aromatic rings. The van der Waals surface area contributed by atoms with E-state index in [2.05, 4.69) is 44.2 Å². The number of nitrogen functional groups attached to an aromatic ring is 2. The standard InChI is InChI=1S/C21H18BrN5/c1-12-5-7-15(23)11-17(12)13-6-8-19-18(9-13)20(27-21(24)26-19)25-16-4-2-3-14(22)10-16/h2-11H,23H2,1H3,(H3,24,25,26,27). The molecule has 0 aliphatic carbocycles. The molecule has 27 heavy (non-hydrogen) atoms. The van der Waals surface area contributed by atoms with Gasteiger partial charge in [-0.05, 0) is 66.1 Å². The lowest BCUT2D eigenvalue weighted by Gasteiger charge is -2.12. The van der Waals surface area contributed by atoms with Gasteiger partial charge in [0.25, 0.3) is 0 Å². The first-order valence-corrected chi connectivity index (χ1v) is 9.25. The van der Waals surface area contributed by atoms with Gasteiger partial charge in [-0.25, -0.2) is 4.98 Å². The van der Waals surface area contributed by atoms with Crippen molar-refractivity contribution in [1.82, 2.24) is 9.97 Å². The highest BCUT2D eigenvalue weighted by Gasteiger charge is 2.10. The molecule has 0 saturated heterocycles. The molecule has 6 heteroatoms. The molecule has 5 N–H and O–H groups in total. The summed E-state index contributed by atoms with van der Waals surface area (Å²) in [6.07, 6.45) is 0. The number of nitrogens with zero attached hydrogens (tertiary/aromatic N) is 2. The Hall–Kier alpha value is -3.12. The molecule has 5 nitrogen and oxygen atoms in total. The fourth-order valence-corrected chi connectivity index (χ4v) is 3.46. The normalized spacial score (nSPS) is 10.9. The summed E-state index contributed by atoms with van der Waals surface area (Å²) in [4.78, 5) is 8.78. The van der Waals surface area contributed by atoms with Crippen molar-refractivity contribution < 1.29 is 0 Å². The predicted octanol–water partition coefficient (Wildman–Crippen LogP) is 5.28. The number of aromatic nitrogens is 2. The van der Waals surface area contributed by atoms with Crippen LogP contribution in [0, 0.1) is 6.92 Å². The van der Waals surface area contributed by atoms with Crippen LogP contribution in [0.25, 0.3) is 22.0 Å². The first-order chi connectivity index (χ1) is 13.0. The third kappa shape index (κ3) is 3.57. The second-order valence-corrected chi connectivity index (χ2v) is 7.29. The lowest BCUT2D eigenvalue weighted by Crippen LogP contribution is -2.01. The molecule has 0 fully saturated rings. The van der Waals surface area contributed by atoms with E-state index in [1.54, 1.807) is 0 Å². The van der Waals surface area contributed by atoms with Crippen LogP contribution < -0.4 is 16.8 Å². The van der Waals surface area contributed by atoms with Gasteiger partial charge in [0.2, 0.25) is 5.95 Å². The number of hydrogen-bond acceptors (Lipinski definition) is 5. The number of nitrogens with one attached hydrogen (secondary N) is 1. The van der Waals surface area contributed by atoms with Gasteiger partial charge in [-0.1, -0.05) is 34.1 Å². The van der Waals surface area contributed by atoms with Crippen LogP contribution in [0.2, 0.25) is 0 Å². The predicted molar refractivity (Wildman–Crippen MR) is 116 cm³/mol. The SMILES string of the molecule is Cc1ccc(N)cc1-c1ccc2nc(N)nc(Nc3cccc(Br)c3)c2c1. The Bertz CT molecular complexity index is 1160. The number of aryl methyl sites for hydroxylation is 1. The van der Waals surface area contributed by atoms with Gasteiger partial charge >= 0.3 is 0 Å². The van der Waals surface area contributed by atoms with Crippen LogP contribution in [-0.2, 0) is 0 Å². The van der Waals surface area contributed by atoms with Gasteiger partial charge in [0.15, 0.2) is 0 Å². The summed E-state index contributed by atoms with van der Waals surface area (Å²) in [7, 11) is 0. The lowest BCUT2D eigenvalue weighted by molar-refractivity contribution is 1.23. The molecular formula is C21H18BrN5. The van der Waals surface area contributed by atoms with E-state index in [1.807, 2.05) is 54.6 Å². The van der Waals surface area contributed by atoms with Crippen LogP contribution in [0.15, 0.2) is 65.1 Å². The number of hydrogen-bond donors (Lipinski definition) is 3. The average molecular weight is 420 g/mol. The fraction of sp³-hybridized carbons (Fsp3) is 0.0476. The summed E-state index contributed by atoms with van der Waals surface area (Å²) in [5, 5.41) is 4.24. The van der Waals surface area contributed by atoms with E-state index in [0.717, 1.165) is 43.4 Å². The van der Waals surface area contributed by atoms with Crippen molar-refractivity contribution in [2.24, 2.45) is 0 Å². The minimum Gasteiger partial charge on any atom is -0.399 e. The Morgan fingerprint density at radius 2 is 1.78 bits per heavy atom. The van der Waals surface area contributed by atoms with Gasteiger partial charge in [0.1, 0.15) is 5.82 Å². The van der Waals surface area contributed by atoms with Gasteiger partial charge < -0.3 is 16.8 Å². The molecule has 0 aliphatic rings. The minimum atomic E-state index is 0.230. The largest absolute Gasteiger partial charge is 0.399 e. The first kappa shape index (κ1) is 17.3. The molecule has 134 valence electrons. The molecule has 1 aromatic heterocycles. The Labute approximate surface area is 165 Å². The van der Waals surface area contributed by atoms with E-state index in [4.69, 9.17) is 11.5 Å². The van der Waals surface area contributed by atoms with Gasteiger partial charge in [0, 0.05) is 21.2 Å². The van der Waals surface area contributed by atoms with Crippen molar-refractivity contribution in [2.75, 3.05) is 16.8 Å². The Balaban J connectivity index is 1.87. The van der Waals surface area contributed by atoms with Crippen LogP contribution in [-0.4, -0.2) is 9.97 Å². The fourth-order valence-electron chi connectivity index (χ4n) is 3.06. The van der Waals surface area contributed by atoms with Crippen molar-refractivity contribution >= 4 is 50.0 Å². The van der Waals surface area contributed by atoms with Crippen LogP contribution in [0.5, 0.6) is 0 Å². The molecule has 0 saturated carbocycles. The smallest absolute Gasteiger partial charge is 0.222 e. The zero-order valence-electron chi connectivity index (χ0n) is 14.7. The third-order valence-corrected chi connectivity index (χ3v) is 4.87. The van der Waals surface area contributed by atoms with E-state index in [9.17, 15) is 0 Å². The van der Waals surface area contributed by atoms with Crippen molar-refractivity contribution in [2.45, 2.75) is 6.92 Å². The number of rotatable bonds is 3. The number of anilines is 4. The molecule has 4 rings (SSSR count). The first-order valence-electron chi connectivity index (χ1n) is 8.46. The van der Waals surface area contributed by atoms with Crippen LogP contribution in [0.1, 0.15) is 5.56 Å². The second kappa shape index (κ2) is 6.89. The van der Waals surface area contributed by atoms with E-state index in [-0.39, 0.29) is 5.95 Å². The topological polar surface area (TPSA) is 89.8 Å². The Morgan fingerprint density at radius 1 is 0.926 bits per heavy atom. The van der Waals surface area contributed by atoms with Crippen molar-refractivity contribution in [1.29, 1.82) is 0 Å². The quantitative estimate of drug-likeness (QED) is 0.393. The maximum Gasteiger partial charge on any atom is 0.222 e. The molecule has 0 aliphatic heterocycles. The van der Waals surface area contributed by atoms with Crippen LogP contribution in [0.3, 0.4) is 0 Å². The van der Waals surface area contributed by atoms with Crippen LogP contribution >= 0.6 is 15.9 Å². The summed E-state index contributed by atoms with van der Waals surface area (Å²) < 4.78 is 0.981. The Morgan fingerprint density at radius 3 is 2.59 bits per heavy atom. The molecule has 0 spiro atoms. The molecular weight excluding hydrogens is 402 g/mol. The second-order valence-electron chi connectivity index (χ2n) is 6.37. The van der Waals surface area contributed by atoms with Gasteiger partial charge in [-0.3, -0.25) is 0 Å². The molecule has 1 heterocycles. The summed E-state index contributed by atoms with van der Waals surface area (Å²) in [6, 6.07) is 19.8. The maximum atomic E-state index is 5.99. The minimum absolute atomic E-state index is 0.230. The summed E-state index contributed by atoms with van der Waals surface area (Å²) >= 11 is 3.49. The maximum absolute atomic E-state index is 5.99. The lowest BCUT2D eigenvalue weighted by atomic mass is 9.98. The molecule has 3 aromatic carbocycles. The number of nitrogens with two attached hydrogens (primary N) is 2. The van der Waals surface area contributed by atoms with Crippen molar-refractivity contribution in [3.05, 3.63) is 70.7 Å². The van der Waals surface area contributed by atoms with Gasteiger partial charge in [-0.15, -0.1) is 0 Å². The van der Waals surface area contributed by atoms with Crippen molar-refractivity contribution in [3.8, 4) is 11.1 Å². The number of benzene rings is 3.